The monoisotopic (exact) mass is 246 g/mol. The van der Waals surface area contributed by atoms with Crippen LogP contribution in [0.1, 0.15) is 37.8 Å². The van der Waals surface area contributed by atoms with Crippen LogP contribution in [-0.2, 0) is 4.79 Å². The maximum Gasteiger partial charge on any atom is 0.329 e. The lowest BCUT2D eigenvalue weighted by molar-refractivity contribution is -0.141. The molecule has 0 aliphatic rings. The van der Waals surface area contributed by atoms with Gasteiger partial charge in [0.1, 0.15) is 5.54 Å². The number of nitriles is 1. The average molecular weight is 246 g/mol. The summed E-state index contributed by atoms with van der Waals surface area (Å²) in [5.41, 5.74) is 1.19. The van der Waals surface area contributed by atoms with Gasteiger partial charge >= 0.3 is 5.97 Å². The summed E-state index contributed by atoms with van der Waals surface area (Å²) in [6.07, 6.45) is 1.33. The van der Waals surface area contributed by atoms with E-state index in [4.69, 9.17) is 5.26 Å². The van der Waals surface area contributed by atoms with Crippen LogP contribution < -0.4 is 5.32 Å². The molecule has 0 spiro atoms. The van der Waals surface area contributed by atoms with Crippen molar-refractivity contribution in [3.63, 3.8) is 0 Å². The predicted octanol–water partition coefficient (Wildman–Crippen LogP) is 2.92. The average Bonchev–Trinajstić information content (AvgIpc) is 2.29. The van der Waals surface area contributed by atoms with Gasteiger partial charge in [0.15, 0.2) is 0 Å². The first kappa shape index (κ1) is 14.0. The van der Waals surface area contributed by atoms with Gasteiger partial charge in [0.05, 0.1) is 11.6 Å². The molecule has 0 fully saturated rings. The van der Waals surface area contributed by atoms with Gasteiger partial charge in [0, 0.05) is 5.69 Å². The molecule has 1 aromatic rings. The molecule has 0 aromatic heterocycles. The number of carbonyl (C=O) groups is 1. The van der Waals surface area contributed by atoms with E-state index in [0.717, 1.165) is 17.7 Å². The zero-order valence-electron chi connectivity index (χ0n) is 10.9. The number of carboxylic acid groups (broad SMARTS) is 1. The van der Waals surface area contributed by atoms with Crippen molar-refractivity contribution in [2.24, 2.45) is 0 Å². The number of anilines is 1. The SMILES string of the molecule is CCCC(C)(Nc1ccc(C#N)c(C)c1)C(=O)O. The Balaban J connectivity index is 2.99. The maximum absolute atomic E-state index is 11.3. The summed E-state index contributed by atoms with van der Waals surface area (Å²) in [5, 5.41) is 21.2. The number of aliphatic carboxylic acids is 1. The summed E-state index contributed by atoms with van der Waals surface area (Å²) >= 11 is 0. The van der Waals surface area contributed by atoms with Crippen LogP contribution in [0, 0.1) is 18.3 Å². The van der Waals surface area contributed by atoms with Gasteiger partial charge in [-0.3, -0.25) is 0 Å². The Bertz CT molecular complexity index is 491. The minimum atomic E-state index is -0.977. The first-order valence-corrected chi connectivity index (χ1v) is 5.95. The Labute approximate surface area is 107 Å². The lowest BCUT2D eigenvalue weighted by Gasteiger charge is -2.27. The van der Waals surface area contributed by atoms with Gasteiger partial charge in [-0.25, -0.2) is 4.79 Å². The second-order valence-corrected chi connectivity index (χ2v) is 4.65. The van der Waals surface area contributed by atoms with E-state index in [1.54, 1.807) is 25.1 Å². The molecule has 1 rings (SSSR count). The molecule has 18 heavy (non-hydrogen) atoms. The van der Waals surface area contributed by atoms with E-state index in [0.29, 0.717) is 12.0 Å². The van der Waals surface area contributed by atoms with Crippen molar-refractivity contribution in [2.75, 3.05) is 5.32 Å². The molecule has 1 unspecified atom stereocenters. The molecule has 0 bridgehead atoms. The third kappa shape index (κ3) is 3.01. The van der Waals surface area contributed by atoms with Crippen molar-refractivity contribution in [3.8, 4) is 6.07 Å². The van der Waals surface area contributed by atoms with E-state index in [9.17, 15) is 9.90 Å². The molecular formula is C14H18N2O2. The Morgan fingerprint density at radius 1 is 1.56 bits per heavy atom. The lowest BCUT2D eigenvalue weighted by Crippen LogP contribution is -2.43. The van der Waals surface area contributed by atoms with Crippen LogP contribution in [-0.4, -0.2) is 16.6 Å². The van der Waals surface area contributed by atoms with Crippen LogP contribution in [0.15, 0.2) is 18.2 Å². The van der Waals surface area contributed by atoms with Gasteiger partial charge in [0.2, 0.25) is 0 Å². The van der Waals surface area contributed by atoms with Crippen LogP contribution in [0.4, 0.5) is 5.69 Å². The van der Waals surface area contributed by atoms with Gasteiger partial charge in [-0.05, 0) is 44.0 Å². The highest BCUT2D eigenvalue weighted by Crippen LogP contribution is 2.22. The summed E-state index contributed by atoms with van der Waals surface area (Å²) in [4.78, 5) is 11.3. The number of nitrogens with zero attached hydrogens (tertiary/aromatic N) is 1. The van der Waals surface area contributed by atoms with E-state index < -0.39 is 11.5 Å². The largest absolute Gasteiger partial charge is 0.480 e. The Hall–Kier alpha value is -2.02. The van der Waals surface area contributed by atoms with E-state index in [1.807, 2.05) is 13.8 Å². The first-order chi connectivity index (χ1) is 8.42. The summed E-state index contributed by atoms with van der Waals surface area (Å²) in [5.74, 6) is -0.869. The number of carboxylic acids is 1. The van der Waals surface area contributed by atoms with Crippen molar-refractivity contribution in [3.05, 3.63) is 29.3 Å². The van der Waals surface area contributed by atoms with Gasteiger partial charge in [-0.15, -0.1) is 0 Å². The van der Waals surface area contributed by atoms with E-state index >= 15 is 0 Å². The Morgan fingerprint density at radius 2 is 2.22 bits per heavy atom. The van der Waals surface area contributed by atoms with E-state index in [-0.39, 0.29) is 0 Å². The Kier molecular flexibility index (Phi) is 4.33. The number of hydrogen-bond donors (Lipinski definition) is 2. The van der Waals surface area contributed by atoms with Crippen molar-refractivity contribution in [1.82, 2.24) is 0 Å². The second-order valence-electron chi connectivity index (χ2n) is 4.65. The predicted molar refractivity (Wildman–Crippen MR) is 70.5 cm³/mol. The molecule has 1 atom stereocenters. The lowest BCUT2D eigenvalue weighted by atomic mass is 9.95. The zero-order valence-corrected chi connectivity index (χ0v) is 10.9. The van der Waals surface area contributed by atoms with Crippen molar-refractivity contribution in [1.29, 1.82) is 5.26 Å². The van der Waals surface area contributed by atoms with E-state index in [1.165, 1.54) is 0 Å². The van der Waals surface area contributed by atoms with Crippen LogP contribution in [0.5, 0.6) is 0 Å². The molecule has 0 aliphatic heterocycles. The van der Waals surface area contributed by atoms with Crippen LogP contribution in [0.25, 0.3) is 0 Å². The normalized spacial score (nSPS) is 13.4. The number of hydrogen-bond acceptors (Lipinski definition) is 3. The number of rotatable bonds is 5. The van der Waals surface area contributed by atoms with Crippen molar-refractivity contribution >= 4 is 11.7 Å². The summed E-state index contributed by atoms with van der Waals surface area (Å²) < 4.78 is 0. The smallest absolute Gasteiger partial charge is 0.329 e. The molecule has 4 nitrogen and oxygen atoms in total. The number of nitrogens with one attached hydrogen (secondary N) is 1. The molecule has 96 valence electrons. The van der Waals surface area contributed by atoms with Crippen LogP contribution in [0.2, 0.25) is 0 Å². The highest BCUT2D eigenvalue weighted by atomic mass is 16.4. The fraction of sp³-hybridized carbons (Fsp3) is 0.429. The molecule has 4 heteroatoms. The fourth-order valence-corrected chi connectivity index (χ4v) is 1.91. The van der Waals surface area contributed by atoms with Gasteiger partial charge < -0.3 is 10.4 Å². The maximum atomic E-state index is 11.3. The third-order valence-electron chi connectivity index (χ3n) is 2.99. The summed E-state index contributed by atoms with van der Waals surface area (Å²) in [6.45, 7) is 5.46. The van der Waals surface area contributed by atoms with Gasteiger partial charge in [0.25, 0.3) is 0 Å². The molecule has 0 amide bonds. The zero-order chi connectivity index (χ0) is 13.8. The highest BCUT2D eigenvalue weighted by Gasteiger charge is 2.31. The third-order valence-corrected chi connectivity index (χ3v) is 2.99. The quantitative estimate of drug-likeness (QED) is 0.837. The molecule has 2 N–H and O–H groups in total. The fourth-order valence-electron chi connectivity index (χ4n) is 1.91. The van der Waals surface area contributed by atoms with Gasteiger partial charge in [-0.1, -0.05) is 13.3 Å². The minimum Gasteiger partial charge on any atom is -0.480 e. The van der Waals surface area contributed by atoms with Crippen LogP contribution >= 0.6 is 0 Å². The molecule has 0 saturated carbocycles. The summed E-state index contributed by atoms with van der Waals surface area (Å²) in [6, 6.07) is 7.33. The van der Waals surface area contributed by atoms with Gasteiger partial charge in [-0.2, -0.15) is 5.26 Å². The Morgan fingerprint density at radius 3 is 2.67 bits per heavy atom. The summed E-state index contributed by atoms with van der Waals surface area (Å²) in [7, 11) is 0. The standard InChI is InChI=1S/C14H18N2O2/c1-4-7-14(3,13(17)18)16-12-6-5-11(9-15)10(2)8-12/h5-6,8,16H,4,7H2,1-3H3,(H,17,18). The highest BCUT2D eigenvalue weighted by molar-refractivity contribution is 5.82. The molecule has 0 heterocycles. The minimum absolute atomic E-state index is 0.543. The first-order valence-electron chi connectivity index (χ1n) is 5.95. The van der Waals surface area contributed by atoms with Crippen molar-refractivity contribution in [2.45, 2.75) is 39.2 Å². The number of benzene rings is 1. The van der Waals surface area contributed by atoms with Crippen LogP contribution in [0.3, 0.4) is 0 Å². The molecular weight excluding hydrogens is 228 g/mol. The topological polar surface area (TPSA) is 73.1 Å². The van der Waals surface area contributed by atoms with E-state index in [2.05, 4.69) is 11.4 Å². The molecule has 0 radical (unpaired) electrons. The molecule has 0 aliphatic carbocycles. The van der Waals surface area contributed by atoms with Crippen molar-refractivity contribution < 1.29 is 9.90 Å². The number of aryl methyl sites for hydroxylation is 1. The molecule has 1 aromatic carbocycles. The molecule has 0 saturated heterocycles. The second kappa shape index (κ2) is 5.54.